The van der Waals surface area contributed by atoms with Gasteiger partial charge in [0.05, 0.1) is 29.1 Å². The van der Waals surface area contributed by atoms with E-state index in [4.69, 9.17) is 11.6 Å². The number of carbonyl (C=O) groups excluding carboxylic acids is 1. The van der Waals surface area contributed by atoms with Crippen molar-refractivity contribution in [2.75, 3.05) is 11.8 Å². The van der Waals surface area contributed by atoms with Gasteiger partial charge < -0.3 is 4.74 Å². The highest BCUT2D eigenvalue weighted by Gasteiger charge is 2.14. The smallest absolute Gasteiger partial charge is 0.337 e. The van der Waals surface area contributed by atoms with Gasteiger partial charge in [-0.1, -0.05) is 23.7 Å². The lowest BCUT2D eigenvalue weighted by Gasteiger charge is -2.09. The number of hydrogen-bond acceptors (Lipinski definition) is 4. The lowest BCUT2D eigenvalue weighted by atomic mass is 10.1. The number of methoxy groups -OCH3 is 1. The van der Waals surface area contributed by atoms with Crippen molar-refractivity contribution in [2.24, 2.45) is 0 Å². The lowest BCUT2D eigenvalue weighted by molar-refractivity contribution is 0.0600. The summed E-state index contributed by atoms with van der Waals surface area (Å²) < 4.78 is 44.1. The molecule has 2 rings (SSSR count). The van der Waals surface area contributed by atoms with Gasteiger partial charge in [-0.15, -0.1) is 0 Å². The van der Waals surface area contributed by atoms with Crippen LogP contribution in [0.5, 0.6) is 0 Å². The standard InChI is InChI=1S/C15H13ClFNO4S/c1-22-15(19)11-4-2-10(3-5-11)9-23(20,21)18-12-6-7-14(17)13(16)8-12/h2-8,18H,9H2,1H3. The molecule has 2 aromatic rings. The molecule has 0 aliphatic heterocycles. The molecule has 0 saturated heterocycles. The minimum Gasteiger partial charge on any atom is -0.465 e. The molecule has 8 heteroatoms. The Kier molecular flexibility index (Phi) is 5.23. The van der Waals surface area contributed by atoms with Gasteiger partial charge >= 0.3 is 5.97 Å². The molecule has 0 aliphatic rings. The Morgan fingerprint density at radius 2 is 1.87 bits per heavy atom. The van der Waals surface area contributed by atoms with Crippen LogP contribution in [0.2, 0.25) is 5.02 Å². The zero-order valence-electron chi connectivity index (χ0n) is 12.0. The summed E-state index contributed by atoms with van der Waals surface area (Å²) in [5.41, 5.74) is 0.980. The van der Waals surface area contributed by atoms with E-state index in [9.17, 15) is 17.6 Å². The molecular formula is C15H13ClFNO4S. The van der Waals surface area contributed by atoms with Crippen LogP contribution in [0.15, 0.2) is 42.5 Å². The fourth-order valence-corrected chi connectivity index (χ4v) is 3.22. The summed E-state index contributed by atoms with van der Waals surface area (Å²) in [6.45, 7) is 0. The number of ether oxygens (including phenoxy) is 1. The van der Waals surface area contributed by atoms with Crippen LogP contribution in [0.1, 0.15) is 15.9 Å². The summed E-state index contributed by atoms with van der Waals surface area (Å²) in [7, 11) is -2.44. The summed E-state index contributed by atoms with van der Waals surface area (Å²) in [4.78, 5) is 11.3. The average Bonchev–Trinajstić information content (AvgIpc) is 2.50. The molecule has 2 aromatic carbocycles. The van der Waals surface area contributed by atoms with E-state index in [1.165, 1.54) is 43.5 Å². The number of hydrogen-bond donors (Lipinski definition) is 1. The van der Waals surface area contributed by atoms with Gasteiger partial charge in [-0.25, -0.2) is 17.6 Å². The van der Waals surface area contributed by atoms with E-state index in [2.05, 4.69) is 9.46 Å². The normalized spacial score (nSPS) is 11.1. The molecule has 0 radical (unpaired) electrons. The number of halogens is 2. The highest BCUT2D eigenvalue weighted by molar-refractivity contribution is 7.91. The molecule has 23 heavy (non-hydrogen) atoms. The quantitative estimate of drug-likeness (QED) is 0.834. The van der Waals surface area contributed by atoms with Crippen LogP contribution in [0.4, 0.5) is 10.1 Å². The summed E-state index contributed by atoms with van der Waals surface area (Å²) >= 11 is 5.61. The van der Waals surface area contributed by atoms with Crippen molar-refractivity contribution in [1.82, 2.24) is 0 Å². The van der Waals surface area contributed by atoms with Gasteiger partial charge in [0.15, 0.2) is 0 Å². The zero-order valence-corrected chi connectivity index (χ0v) is 13.6. The fraction of sp³-hybridized carbons (Fsp3) is 0.133. The first-order chi connectivity index (χ1) is 10.8. The van der Waals surface area contributed by atoms with E-state index >= 15 is 0 Å². The largest absolute Gasteiger partial charge is 0.465 e. The second-order valence-electron chi connectivity index (χ2n) is 4.68. The minimum atomic E-state index is -3.70. The maximum atomic E-state index is 13.1. The van der Waals surface area contributed by atoms with Gasteiger partial charge in [-0.2, -0.15) is 0 Å². The molecule has 5 nitrogen and oxygen atoms in total. The molecule has 0 aromatic heterocycles. The number of nitrogens with one attached hydrogen (secondary N) is 1. The van der Waals surface area contributed by atoms with Gasteiger partial charge in [0.2, 0.25) is 10.0 Å². The second-order valence-corrected chi connectivity index (χ2v) is 6.81. The van der Waals surface area contributed by atoms with Gasteiger partial charge in [-0.05, 0) is 35.9 Å². The molecule has 0 heterocycles. The molecule has 0 spiro atoms. The Balaban J connectivity index is 2.11. The minimum absolute atomic E-state index is 0.169. The molecule has 122 valence electrons. The maximum absolute atomic E-state index is 13.1. The molecule has 0 aliphatic carbocycles. The Morgan fingerprint density at radius 3 is 2.43 bits per heavy atom. The molecule has 0 bridgehead atoms. The third-order valence-corrected chi connectivity index (χ3v) is 4.47. The molecule has 0 fully saturated rings. The van der Waals surface area contributed by atoms with Crippen molar-refractivity contribution in [3.8, 4) is 0 Å². The molecule has 1 N–H and O–H groups in total. The highest BCUT2D eigenvalue weighted by Crippen LogP contribution is 2.21. The van der Waals surface area contributed by atoms with Gasteiger partial charge in [0, 0.05) is 0 Å². The fourth-order valence-electron chi connectivity index (χ4n) is 1.85. The van der Waals surface area contributed by atoms with Crippen LogP contribution in [0.3, 0.4) is 0 Å². The monoisotopic (exact) mass is 357 g/mol. The second kappa shape index (κ2) is 6.97. The van der Waals surface area contributed by atoms with Crippen molar-refractivity contribution in [3.05, 3.63) is 64.4 Å². The highest BCUT2D eigenvalue weighted by atomic mass is 35.5. The number of esters is 1. The van der Waals surface area contributed by atoms with Crippen molar-refractivity contribution < 1.29 is 22.3 Å². The van der Waals surface area contributed by atoms with Crippen LogP contribution in [0.25, 0.3) is 0 Å². The summed E-state index contributed by atoms with van der Waals surface area (Å²) in [6, 6.07) is 9.53. The van der Waals surface area contributed by atoms with Crippen LogP contribution in [0, 0.1) is 5.82 Å². The number of anilines is 1. The number of sulfonamides is 1. The zero-order chi connectivity index (χ0) is 17.0. The first kappa shape index (κ1) is 17.2. The Labute approximate surface area is 138 Å². The van der Waals surface area contributed by atoms with Gasteiger partial charge in [-0.3, -0.25) is 4.72 Å². The van der Waals surface area contributed by atoms with E-state index in [-0.39, 0.29) is 16.5 Å². The van der Waals surface area contributed by atoms with Crippen LogP contribution < -0.4 is 4.72 Å². The summed E-state index contributed by atoms with van der Waals surface area (Å²) in [5.74, 6) is -1.44. The third kappa shape index (κ3) is 4.67. The SMILES string of the molecule is COC(=O)c1ccc(CS(=O)(=O)Nc2ccc(F)c(Cl)c2)cc1. The van der Waals surface area contributed by atoms with Gasteiger partial charge in [0.1, 0.15) is 5.82 Å². The number of benzene rings is 2. The molecular weight excluding hydrogens is 345 g/mol. The van der Waals surface area contributed by atoms with E-state index in [0.717, 1.165) is 6.07 Å². The summed E-state index contributed by atoms with van der Waals surface area (Å²) in [6.07, 6.45) is 0. The van der Waals surface area contributed by atoms with Crippen LogP contribution in [-0.2, 0) is 20.5 Å². The van der Waals surface area contributed by atoms with Crippen LogP contribution >= 0.6 is 11.6 Å². The lowest BCUT2D eigenvalue weighted by Crippen LogP contribution is -2.15. The summed E-state index contributed by atoms with van der Waals surface area (Å²) in [5, 5.41) is -0.173. The molecule has 0 saturated carbocycles. The maximum Gasteiger partial charge on any atom is 0.337 e. The van der Waals surface area contributed by atoms with E-state index in [1.807, 2.05) is 0 Å². The first-order valence-electron chi connectivity index (χ1n) is 6.43. The van der Waals surface area contributed by atoms with Crippen LogP contribution in [-0.4, -0.2) is 21.5 Å². The Morgan fingerprint density at radius 1 is 1.22 bits per heavy atom. The number of carbonyl (C=O) groups is 1. The van der Waals surface area contributed by atoms with Gasteiger partial charge in [0.25, 0.3) is 0 Å². The topological polar surface area (TPSA) is 72.5 Å². The third-order valence-electron chi connectivity index (χ3n) is 2.92. The van der Waals surface area contributed by atoms with Crippen molar-refractivity contribution >= 4 is 33.3 Å². The van der Waals surface area contributed by atoms with Crippen molar-refractivity contribution in [2.45, 2.75) is 5.75 Å². The van der Waals surface area contributed by atoms with Crippen molar-refractivity contribution in [3.63, 3.8) is 0 Å². The van der Waals surface area contributed by atoms with E-state index < -0.39 is 21.8 Å². The predicted molar refractivity (Wildman–Crippen MR) is 85.4 cm³/mol. The first-order valence-corrected chi connectivity index (χ1v) is 8.46. The van der Waals surface area contributed by atoms with E-state index in [1.54, 1.807) is 0 Å². The molecule has 0 atom stereocenters. The van der Waals surface area contributed by atoms with Crippen molar-refractivity contribution in [1.29, 1.82) is 0 Å². The molecule has 0 amide bonds. The Hall–Kier alpha value is -2.12. The molecule has 0 unspecified atom stereocenters. The average molecular weight is 358 g/mol. The predicted octanol–water partition coefficient (Wildman–Crippen LogP) is 3.21. The Bertz CT molecular complexity index is 822. The van der Waals surface area contributed by atoms with E-state index in [0.29, 0.717) is 11.1 Å². The number of rotatable bonds is 5.